The van der Waals surface area contributed by atoms with Gasteiger partial charge >= 0.3 is 0 Å². The molecule has 0 aliphatic rings. The maximum atomic E-state index is 6.34. The van der Waals surface area contributed by atoms with Gasteiger partial charge in [0.2, 0.25) is 0 Å². The number of fused-ring (bicyclic) bond motifs is 1. The van der Waals surface area contributed by atoms with E-state index in [-0.39, 0.29) is 0 Å². The average molecular weight is 314 g/mol. The van der Waals surface area contributed by atoms with Crippen LogP contribution in [-0.4, -0.2) is 6.54 Å². The molecule has 0 saturated heterocycles. The number of hydrogen-bond acceptors (Lipinski definition) is 2. The van der Waals surface area contributed by atoms with E-state index in [0.29, 0.717) is 34.0 Å². The van der Waals surface area contributed by atoms with Crippen LogP contribution >= 0.6 is 23.2 Å². The second-order valence-corrected chi connectivity index (χ2v) is 6.67. The van der Waals surface area contributed by atoms with Crippen LogP contribution in [0.2, 0.25) is 10.0 Å². The summed E-state index contributed by atoms with van der Waals surface area (Å²) in [4.78, 5) is 0. The molecule has 1 heterocycles. The number of benzene rings is 1. The van der Waals surface area contributed by atoms with Gasteiger partial charge in [-0.3, -0.25) is 0 Å². The van der Waals surface area contributed by atoms with Gasteiger partial charge in [-0.15, -0.1) is 0 Å². The Morgan fingerprint density at radius 3 is 2.35 bits per heavy atom. The highest BCUT2D eigenvalue weighted by molar-refractivity contribution is 6.40. The zero-order valence-electron chi connectivity index (χ0n) is 12.4. The Morgan fingerprint density at radius 2 is 1.75 bits per heavy atom. The fourth-order valence-electron chi connectivity index (χ4n) is 2.42. The fourth-order valence-corrected chi connectivity index (χ4v) is 2.86. The van der Waals surface area contributed by atoms with Crippen molar-refractivity contribution in [3.63, 3.8) is 0 Å². The second-order valence-electron chi connectivity index (χ2n) is 5.85. The van der Waals surface area contributed by atoms with Gasteiger partial charge in [-0.25, -0.2) is 0 Å². The van der Waals surface area contributed by atoms with Crippen molar-refractivity contribution in [1.82, 2.24) is 5.32 Å². The topological polar surface area (TPSA) is 25.2 Å². The van der Waals surface area contributed by atoms with Crippen molar-refractivity contribution < 1.29 is 4.42 Å². The summed E-state index contributed by atoms with van der Waals surface area (Å²) in [6.45, 7) is 10.3. The van der Waals surface area contributed by atoms with Crippen LogP contribution in [0.5, 0.6) is 0 Å². The molecule has 1 aromatic heterocycles. The minimum Gasteiger partial charge on any atom is -0.458 e. The summed E-state index contributed by atoms with van der Waals surface area (Å²) in [5.74, 6) is 1.88. The highest BCUT2D eigenvalue weighted by atomic mass is 35.5. The molecule has 2 aromatic rings. The lowest BCUT2D eigenvalue weighted by Crippen LogP contribution is -2.19. The Morgan fingerprint density at radius 1 is 1.10 bits per heavy atom. The van der Waals surface area contributed by atoms with Crippen molar-refractivity contribution in [2.24, 2.45) is 5.92 Å². The van der Waals surface area contributed by atoms with Gasteiger partial charge in [0.05, 0.1) is 16.6 Å². The van der Waals surface area contributed by atoms with E-state index in [4.69, 9.17) is 27.6 Å². The van der Waals surface area contributed by atoms with Gasteiger partial charge in [0.15, 0.2) is 5.58 Å². The first-order valence-corrected chi connectivity index (χ1v) is 7.77. The molecular weight excluding hydrogens is 293 g/mol. The Kier molecular flexibility index (Phi) is 5.00. The molecule has 0 radical (unpaired) electrons. The lowest BCUT2D eigenvalue weighted by molar-refractivity contribution is 0.478. The Balaban J connectivity index is 2.46. The molecule has 0 saturated carbocycles. The number of halogens is 2. The van der Waals surface area contributed by atoms with Crippen LogP contribution < -0.4 is 5.32 Å². The SMILES string of the molecule is CC(C)CNCc1oc2c(Cl)ccc(Cl)c2c1C(C)C. The van der Waals surface area contributed by atoms with Crippen LogP contribution in [0.4, 0.5) is 0 Å². The van der Waals surface area contributed by atoms with Crippen molar-refractivity contribution in [1.29, 1.82) is 0 Å². The molecule has 20 heavy (non-hydrogen) atoms. The van der Waals surface area contributed by atoms with Crippen molar-refractivity contribution >= 4 is 34.2 Å². The normalized spacial score (nSPS) is 12.0. The first-order valence-electron chi connectivity index (χ1n) is 7.01. The van der Waals surface area contributed by atoms with Crippen LogP contribution in [0.1, 0.15) is 44.9 Å². The van der Waals surface area contributed by atoms with Crippen molar-refractivity contribution in [2.45, 2.75) is 40.2 Å². The summed E-state index contributed by atoms with van der Waals surface area (Å²) in [5.41, 5.74) is 1.85. The van der Waals surface area contributed by atoms with E-state index in [1.54, 1.807) is 6.07 Å². The summed E-state index contributed by atoms with van der Waals surface area (Å²) < 4.78 is 5.98. The van der Waals surface area contributed by atoms with Crippen LogP contribution in [0, 0.1) is 5.92 Å². The molecule has 0 amide bonds. The first kappa shape index (κ1) is 15.7. The lowest BCUT2D eigenvalue weighted by atomic mass is 9.99. The fraction of sp³-hybridized carbons (Fsp3) is 0.500. The third-order valence-corrected chi connectivity index (χ3v) is 3.88. The van der Waals surface area contributed by atoms with E-state index in [2.05, 4.69) is 33.0 Å². The zero-order valence-corrected chi connectivity index (χ0v) is 13.9. The van der Waals surface area contributed by atoms with Gasteiger partial charge in [-0.1, -0.05) is 50.9 Å². The quantitative estimate of drug-likeness (QED) is 0.776. The van der Waals surface area contributed by atoms with Crippen molar-refractivity contribution in [3.05, 3.63) is 33.5 Å². The van der Waals surface area contributed by atoms with E-state index in [1.807, 2.05) is 6.07 Å². The molecular formula is C16H21Cl2NO. The van der Waals surface area contributed by atoms with Gasteiger partial charge in [-0.05, 0) is 30.5 Å². The Bertz CT molecular complexity index is 602. The number of rotatable bonds is 5. The van der Waals surface area contributed by atoms with Gasteiger partial charge in [-0.2, -0.15) is 0 Å². The number of hydrogen-bond donors (Lipinski definition) is 1. The third kappa shape index (κ3) is 3.13. The van der Waals surface area contributed by atoms with E-state index >= 15 is 0 Å². The van der Waals surface area contributed by atoms with Gasteiger partial charge in [0.25, 0.3) is 0 Å². The first-order chi connectivity index (χ1) is 9.41. The van der Waals surface area contributed by atoms with Gasteiger partial charge in [0.1, 0.15) is 5.76 Å². The van der Waals surface area contributed by atoms with Gasteiger partial charge in [0, 0.05) is 10.9 Å². The lowest BCUT2D eigenvalue weighted by Gasteiger charge is -2.09. The second kappa shape index (κ2) is 6.38. The number of nitrogens with one attached hydrogen (secondary N) is 1. The van der Waals surface area contributed by atoms with E-state index < -0.39 is 0 Å². The maximum Gasteiger partial charge on any atom is 0.154 e. The molecule has 0 bridgehead atoms. The van der Waals surface area contributed by atoms with Crippen LogP contribution in [-0.2, 0) is 6.54 Å². The minimum absolute atomic E-state index is 0.336. The van der Waals surface area contributed by atoms with E-state index in [9.17, 15) is 0 Å². The summed E-state index contributed by atoms with van der Waals surface area (Å²) >= 11 is 12.6. The van der Waals surface area contributed by atoms with E-state index in [0.717, 1.165) is 23.3 Å². The Labute approximate surface area is 130 Å². The summed E-state index contributed by atoms with van der Waals surface area (Å²) in [7, 11) is 0. The van der Waals surface area contributed by atoms with Crippen LogP contribution in [0.3, 0.4) is 0 Å². The third-order valence-electron chi connectivity index (χ3n) is 3.27. The molecule has 4 heteroatoms. The molecule has 1 aromatic carbocycles. The highest BCUT2D eigenvalue weighted by Crippen LogP contribution is 2.39. The predicted molar refractivity (Wildman–Crippen MR) is 86.9 cm³/mol. The summed E-state index contributed by atoms with van der Waals surface area (Å²) in [6.07, 6.45) is 0. The van der Waals surface area contributed by atoms with E-state index in [1.165, 1.54) is 0 Å². The van der Waals surface area contributed by atoms with Crippen LogP contribution in [0.25, 0.3) is 11.0 Å². The maximum absolute atomic E-state index is 6.34. The molecule has 110 valence electrons. The summed E-state index contributed by atoms with van der Waals surface area (Å²) in [6, 6.07) is 3.62. The molecule has 0 atom stereocenters. The molecule has 2 nitrogen and oxygen atoms in total. The van der Waals surface area contributed by atoms with Gasteiger partial charge < -0.3 is 9.73 Å². The highest BCUT2D eigenvalue weighted by Gasteiger charge is 2.20. The van der Waals surface area contributed by atoms with Crippen molar-refractivity contribution in [3.8, 4) is 0 Å². The molecule has 0 aliphatic carbocycles. The zero-order chi connectivity index (χ0) is 14.9. The molecule has 0 spiro atoms. The van der Waals surface area contributed by atoms with Crippen LogP contribution in [0.15, 0.2) is 16.5 Å². The molecule has 2 rings (SSSR count). The van der Waals surface area contributed by atoms with Crippen molar-refractivity contribution in [2.75, 3.05) is 6.54 Å². The molecule has 0 fully saturated rings. The summed E-state index contributed by atoms with van der Waals surface area (Å²) in [5, 5.41) is 5.68. The molecule has 1 N–H and O–H groups in total. The molecule has 0 unspecified atom stereocenters. The standard InChI is InChI=1S/C16H21Cl2NO/c1-9(2)7-19-8-13-14(10(3)4)15-11(17)5-6-12(18)16(15)20-13/h5-6,9-10,19H,7-8H2,1-4H3. The monoisotopic (exact) mass is 313 g/mol. The largest absolute Gasteiger partial charge is 0.458 e. The average Bonchev–Trinajstić information content (AvgIpc) is 2.74. The predicted octanol–water partition coefficient (Wildman–Crippen LogP) is 5.61. The smallest absolute Gasteiger partial charge is 0.154 e. The number of furan rings is 1. The Hall–Kier alpha value is -0.700. The minimum atomic E-state index is 0.336. The molecule has 0 aliphatic heterocycles.